The van der Waals surface area contributed by atoms with Gasteiger partial charge in [0.25, 0.3) is 0 Å². The van der Waals surface area contributed by atoms with Gasteiger partial charge in [-0.25, -0.2) is 4.79 Å². The molecule has 5 rings (SSSR count). The molecule has 2 bridgehead atoms. The monoisotopic (exact) mass is 723 g/mol. The average molecular weight is 723 g/mol. The minimum atomic E-state index is -0.747. The Morgan fingerprint density at radius 2 is 1.72 bits per heavy atom. The first kappa shape index (κ1) is 26.5. The number of carbonyl (C=O) groups excluding carboxylic acids is 3. The lowest BCUT2D eigenvalue weighted by Gasteiger charge is -2.53. The lowest BCUT2D eigenvalue weighted by atomic mass is 9.77. The first-order chi connectivity index (χ1) is 16.7. The number of fused-ring (bicyclic) bond motifs is 1. The van der Waals surface area contributed by atoms with Crippen molar-refractivity contribution in [3.63, 3.8) is 0 Å². The molecular weight excluding hydrogens is 692 g/mol. The van der Waals surface area contributed by atoms with Gasteiger partial charge in [0, 0.05) is 39.3 Å². The van der Waals surface area contributed by atoms with Gasteiger partial charge in [-0.1, -0.05) is 0 Å². The molecule has 2 saturated heterocycles. The molecule has 196 valence electrons. The van der Waals surface area contributed by atoms with Crippen LogP contribution in [0.4, 0.5) is 0 Å². The summed E-state index contributed by atoms with van der Waals surface area (Å²) in [5.41, 5.74) is -0.238. The van der Waals surface area contributed by atoms with Crippen molar-refractivity contribution in [2.75, 3.05) is 7.05 Å². The molecule has 2 saturated carbocycles. The summed E-state index contributed by atoms with van der Waals surface area (Å²) in [4.78, 5) is 41.7. The Morgan fingerprint density at radius 1 is 1.08 bits per heavy atom. The molecule has 0 aromatic heterocycles. The molecule has 0 spiro atoms. The van der Waals surface area contributed by atoms with Crippen LogP contribution in [0.3, 0.4) is 0 Å². The summed E-state index contributed by atoms with van der Waals surface area (Å²) in [6.07, 6.45) is 0.380. The number of hydrogen-bond donors (Lipinski definition) is 1. The first-order valence-electron chi connectivity index (χ1n) is 12.3. The molecule has 2 aliphatic carbocycles. The zero-order valence-corrected chi connectivity index (χ0v) is 25.2. The Kier molecular flexibility index (Phi) is 6.58. The maximum Gasteiger partial charge on any atom is 0.342 e. The van der Waals surface area contributed by atoms with Gasteiger partial charge in [-0.3, -0.25) is 14.5 Å². The van der Waals surface area contributed by atoms with Crippen molar-refractivity contribution in [2.45, 2.75) is 76.3 Å². The quantitative estimate of drug-likeness (QED) is 0.282. The average Bonchev–Trinajstić information content (AvgIpc) is 3.37. The second kappa shape index (κ2) is 8.96. The van der Waals surface area contributed by atoms with Crippen molar-refractivity contribution in [2.24, 2.45) is 23.7 Å². The maximum absolute atomic E-state index is 13.6. The van der Waals surface area contributed by atoms with E-state index in [0.29, 0.717) is 22.8 Å². The van der Waals surface area contributed by atoms with E-state index in [-0.39, 0.29) is 40.3 Å². The second-order valence-corrected chi connectivity index (χ2v) is 14.2. The Labute approximate surface area is 238 Å². The molecule has 36 heavy (non-hydrogen) atoms. The van der Waals surface area contributed by atoms with E-state index in [4.69, 9.17) is 14.2 Å². The number of hydrogen-bond acceptors (Lipinski definition) is 8. The zero-order valence-electron chi connectivity index (χ0n) is 20.9. The van der Waals surface area contributed by atoms with Crippen LogP contribution in [0.15, 0.2) is 12.1 Å². The molecule has 1 aromatic carbocycles. The van der Waals surface area contributed by atoms with E-state index >= 15 is 0 Å². The molecule has 1 aromatic rings. The minimum Gasteiger partial charge on any atom is -0.506 e. The van der Waals surface area contributed by atoms with Crippen LogP contribution < -0.4 is 0 Å². The second-order valence-electron chi connectivity index (χ2n) is 11.8. The first-order valence-corrected chi connectivity index (χ1v) is 14.4. The molecule has 6 unspecified atom stereocenters. The highest BCUT2D eigenvalue weighted by Gasteiger charge is 2.70. The fraction of sp³-hybridized carbons (Fsp3) is 0.654. The minimum absolute atomic E-state index is 0.0601. The maximum atomic E-state index is 13.6. The fourth-order valence-electron chi connectivity index (χ4n) is 6.98. The molecule has 4 fully saturated rings. The summed E-state index contributed by atoms with van der Waals surface area (Å²) in [6, 6.07) is 3.32. The van der Waals surface area contributed by atoms with Crippen LogP contribution in [0.1, 0.15) is 57.3 Å². The molecule has 1 N–H and O–H groups in total. The molecule has 8 nitrogen and oxygen atoms in total. The topological polar surface area (TPSA) is 102 Å². The number of rotatable bonds is 4. The van der Waals surface area contributed by atoms with Crippen LogP contribution in [0, 0.1) is 30.8 Å². The molecule has 6 atom stereocenters. The molecular formula is C26H31I2NO7. The van der Waals surface area contributed by atoms with Crippen molar-refractivity contribution in [3.8, 4) is 5.75 Å². The third-order valence-electron chi connectivity index (χ3n) is 8.86. The Bertz CT molecular complexity index is 1120. The number of esters is 3. The predicted octanol–water partition coefficient (Wildman–Crippen LogP) is 4.13. The molecule has 0 amide bonds. The molecule has 10 heteroatoms. The number of phenolic OH excluding ortho intramolecular Hbond substituents is 1. The molecule has 4 aliphatic rings. The number of phenols is 1. The number of likely N-dealkylation sites (tertiary alicyclic amines) is 1. The number of aromatic hydroxyl groups is 1. The lowest BCUT2D eigenvalue weighted by molar-refractivity contribution is -0.169. The van der Waals surface area contributed by atoms with Gasteiger partial charge in [0.05, 0.1) is 15.4 Å². The van der Waals surface area contributed by atoms with E-state index in [1.54, 1.807) is 12.1 Å². The van der Waals surface area contributed by atoms with Gasteiger partial charge in [-0.2, -0.15) is 0 Å². The van der Waals surface area contributed by atoms with Crippen LogP contribution in [0.25, 0.3) is 0 Å². The Morgan fingerprint density at radius 3 is 2.36 bits per heavy atom. The van der Waals surface area contributed by atoms with Gasteiger partial charge in [0.15, 0.2) is 0 Å². The number of benzene rings is 1. The van der Waals surface area contributed by atoms with Gasteiger partial charge >= 0.3 is 17.9 Å². The van der Waals surface area contributed by atoms with Crippen LogP contribution in [0.5, 0.6) is 5.75 Å². The molecule has 2 heterocycles. The summed E-state index contributed by atoms with van der Waals surface area (Å²) in [5.74, 6) is -3.43. The standard InChI is InChI=1S/C26H31I2NO7/c1-25(2)9-12(10-26(3,4)29(25)5)34-23(32)17-13-8-14-18(17)24(33)36-21(14)20(13)35-22(31)15-6-11(27)7-16(28)19(15)30/h6-7,12-14,17-18,20-21,30H,8-10H2,1-5H3. The summed E-state index contributed by atoms with van der Waals surface area (Å²) < 4.78 is 18.9. The highest BCUT2D eigenvalue weighted by atomic mass is 127. The third-order valence-corrected chi connectivity index (χ3v) is 10.3. The normalized spacial score (nSPS) is 34.5. The number of ether oxygens (including phenoxy) is 3. The number of halogens is 2. The van der Waals surface area contributed by atoms with Gasteiger partial charge in [0.1, 0.15) is 29.6 Å². The zero-order chi connectivity index (χ0) is 26.3. The Hall–Kier alpha value is -1.15. The summed E-state index contributed by atoms with van der Waals surface area (Å²) in [6.45, 7) is 8.56. The van der Waals surface area contributed by atoms with Crippen LogP contribution in [-0.2, 0) is 23.8 Å². The molecule has 2 aliphatic heterocycles. The largest absolute Gasteiger partial charge is 0.506 e. The van der Waals surface area contributed by atoms with Crippen molar-refractivity contribution < 1.29 is 33.7 Å². The van der Waals surface area contributed by atoms with E-state index in [2.05, 4.69) is 62.2 Å². The summed E-state index contributed by atoms with van der Waals surface area (Å²) >= 11 is 4.03. The summed E-state index contributed by atoms with van der Waals surface area (Å²) in [7, 11) is 2.09. The smallest absolute Gasteiger partial charge is 0.342 e. The van der Waals surface area contributed by atoms with E-state index < -0.39 is 42.0 Å². The van der Waals surface area contributed by atoms with Gasteiger partial charge < -0.3 is 19.3 Å². The Balaban J connectivity index is 1.36. The highest BCUT2D eigenvalue weighted by Crippen LogP contribution is 2.59. The van der Waals surface area contributed by atoms with E-state index in [0.717, 1.165) is 3.57 Å². The lowest BCUT2D eigenvalue weighted by Crippen LogP contribution is -2.60. The number of carbonyl (C=O) groups is 3. The number of piperidine rings is 1. The SMILES string of the molecule is CN1C(C)(C)CC(OC(=O)C2C3CC4C(OC(=O)C42)C3OC(=O)c2cc(I)cc(I)c2O)CC1(C)C. The van der Waals surface area contributed by atoms with Crippen LogP contribution >= 0.6 is 45.2 Å². The van der Waals surface area contributed by atoms with E-state index in [9.17, 15) is 19.5 Å². The van der Waals surface area contributed by atoms with Crippen molar-refractivity contribution in [1.82, 2.24) is 4.90 Å². The predicted molar refractivity (Wildman–Crippen MR) is 146 cm³/mol. The third kappa shape index (κ3) is 4.22. The van der Waals surface area contributed by atoms with Crippen molar-refractivity contribution >= 4 is 63.1 Å². The van der Waals surface area contributed by atoms with E-state index in [1.165, 1.54) is 0 Å². The number of nitrogens with zero attached hydrogens (tertiary/aromatic N) is 1. The summed E-state index contributed by atoms with van der Waals surface area (Å²) in [5, 5.41) is 10.4. The van der Waals surface area contributed by atoms with E-state index in [1.807, 2.05) is 22.6 Å². The van der Waals surface area contributed by atoms with Gasteiger partial charge in [-0.15, -0.1) is 0 Å². The highest BCUT2D eigenvalue weighted by molar-refractivity contribution is 14.1. The molecule has 0 radical (unpaired) electrons. The van der Waals surface area contributed by atoms with Gasteiger partial charge in [-0.05, 0) is 98.5 Å². The van der Waals surface area contributed by atoms with Gasteiger partial charge in [0.2, 0.25) is 0 Å². The van der Waals surface area contributed by atoms with Crippen molar-refractivity contribution in [1.29, 1.82) is 0 Å². The fourth-order valence-corrected chi connectivity index (χ4v) is 8.83. The van der Waals surface area contributed by atoms with Crippen molar-refractivity contribution in [3.05, 3.63) is 24.8 Å². The van der Waals surface area contributed by atoms with Crippen LogP contribution in [0.2, 0.25) is 0 Å². The van der Waals surface area contributed by atoms with Crippen LogP contribution in [-0.4, -0.2) is 64.4 Å².